The lowest BCUT2D eigenvalue weighted by Crippen LogP contribution is -2.25. The molecule has 0 radical (unpaired) electrons. The predicted octanol–water partition coefficient (Wildman–Crippen LogP) is 1.49. The highest BCUT2D eigenvalue weighted by molar-refractivity contribution is 5.74. The van der Waals surface area contributed by atoms with Gasteiger partial charge in [0.05, 0.1) is 7.11 Å². The molecular weight excluding hydrogens is 168 g/mol. The summed E-state index contributed by atoms with van der Waals surface area (Å²) in [5, 5.41) is 9.40. The van der Waals surface area contributed by atoms with Gasteiger partial charge in [-0.1, -0.05) is 32.1 Å². The van der Waals surface area contributed by atoms with Crippen LogP contribution in [0.1, 0.15) is 38.5 Å². The summed E-state index contributed by atoms with van der Waals surface area (Å²) in [6, 6.07) is 0. The topological polar surface area (TPSA) is 46.5 Å². The number of carbonyl (C=O) groups is 1. The average molecular weight is 186 g/mol. The van der Waals surface area contributed by atoms with Gasteiger partial charge >= 0.3 is 5.97 Å². The van der Waals surface area contributed by atoms with Crippen molar-refractivity contribution in [2.24, 2.45) is 5.92 Å². The van der Waals surface area contributed by atoms with Crippen LogP contribution >= 0.6 is 0 Å². The van der Waals surface area contributed by atoms with Crippen molar-refractivity contribution >= 4 is 5.97 Å². The second kappa shape index (κ2) is 5.22. The monoisotopic (exact) mass is 186 g/mol. The molecule has 0 saturated heterocycles. The largest absolute Gasteiger partial charge is 0.467 e. The van der Waals surface area contributed by atoms with Crippen LogP contribution in [-0.2, 0) is 9.53 Å². The van der Waals surface area contributed by atoms with Crippen LogP contribution in [0.2, 0.25) is 0 Å². The zero-order valence-corrected chi connectivity index (χ0v) is 8.16. The number of carbonyl (C=O) groups excluding carboxylic acids is 1. The van der Waals surface area contributed by atoms with E-state index >= 15 is 0 Å². The van der Waals surface area contributed by atoms with Crippen molar-refractivity contribution in [2.75, 3.05) is 7.11 Å². The summed E-state index contributed by atoms with van der Waals surface area (Å²) in [5.41, 5.74) is 0. The normalized spacial score (nSPS) is 21.1. The molecule has 0 aromatic rings. The number of esters is 1. The van der Waals surface area contributed by atoms with Crippen LogP contribution in [0.4, 0.5) is 0 Å². The van der Waals surface area contributed by atoms with E-state index in [1.54, 1.807) is 0 Å². The fourth-order valence-corrected chi connectivity index (χ4v) is 1.97. The minimum absolute atomic E-state index is 0.495. The number of aliphatic hydroxyl groups is 1. The molecule has 76 valence electrons. The van der Waals surface area contributed by atoms with Gasteiger partial charge in [-0.3, -0.25) is 0 Å². The van der Waals surface area contributed by atoms with Gasteiger partial charge in [-0.05, 0) is 12.3 Å². The molecule has 0 spiro atoms. The Morgan fingerprint density at radius 1 is 1.46 bits per heavy atom. The number of methoxy groups -OCH3 is 1. The molecular formula is C10H18O3. The number of hydrogen-bond donors (Lipinski definition) is 1. The van der Waals surface area contributed by atoms with Gasteiger partial charge in [0.25, 0.3) is 0 Å². The third-order valence-electron chi connectivity index (χ3n) is 2.75. The fraction of sp³-hybridized carbons (Fsp3) is 0.900. The van der Waals surface area contributed by atoms with E-state index in [0.29, 0.717) is 12.3 Å². The lowest BCUT2D eigenvalue weighted by molar-refractivity contribution is -0.151. The van der Waals surface area contributed by atoms with E-state index in [-0.39, 0.29) is 0 Å². The van der Waals surface area contributed by atoms with Crippen LogP contribution in [-0.4, -0.2) is 24.3 Å². The molecule has 0 aromatic heterocycles. The first-order valence-corrected chi connectivity index (χ1v) is 5.00. The summed E-state index contributed by atoms with van der Waals surface area (Å²) in [4.78, 5) is 10.9. The Kier molecular flexibility index (Phi) is 4.22. The zero-order valence-electron chi connectivity index (χ0n) is 8.16. The molecule has 0 bridgehead atoms. The molecule has 1 N–H and O–H groups in total. The predicted molar refractivity (Wildman–Crippen MR) is 49.2 cm³/mol. The molecule has 1 saturated carbocycles. The summed E-state index contributed by atoms with van der Waals surface area (Å²) in [7, 11) is 1.31. The van der Waals surface area contributed by atoms with E-state index in [1.165, 1.54) is 26.4 Å². The van der Waals surface area contributed by atoms with E-state index in [2.05, 4.69) is 4.74 Å². The minimum Gasteiger partial charge on any atom is -0.467 e. The van der Waals surface area contributed by atoms with Crippen LogP contribution in [0.3, 0.4) is 0 Å². The smallest absolute Gasteiger partial charge is 0.334 e. The molecule has 3 nitrogen and oxygen atoms in total. The Hall–Kier alpha value is -0.570. The van der Waals surface area contributed by atoms with Crippen molar-refractivity contribution in [1.29, 1.82) is 0 Å². The summed E-state index contributed by atoms with van der Waals surface area (Å²) in [5.74, 6) is 0.0217. The van der Waals surface area contributed by atoms with Gasteiger partial charge in [0.15, 0.2) is 6.10 Å². The van der Waals surface area contributed by atoms with Gasteiger partial charge in [-0.2, -0.15) is 0 Å². The first-order chi connectivity index (χ1) is 6.24. The molecule has 1 rings (SSSR count). The Balaban J connectivity index is 2.25. The quantitative estimate of drug-likeness (QED) is 0.679. The van der Waals surface area contributed by atoms with Crippen LogP contribution in [0.15, 0.2) is 0 Å². The molecule has 0 amide bonds. The molecule has 0 aliphatic heterocycles. The van der Waals surface area contributed by atoms with Gasteiger partial charge in [0.1, 0.15) is 0 Å². The first-order valence-electron chi connectivity index (χ1n) is 5.00. The van der Waals surface area contributed by atoms with Crippen LogP contribution in [0.25, 0.3) is 0 Å². The lowest BCUT2D eigenvalue weighted by Gasteiger charge is -2.22. The minimum atomic E-state index is -0.909. The molecule has 13 heavy (non-hydrogen) atoms. The molecule has 1 atom stereocenters. The third kappa shape index (κ3) is 3.35. The maximum absolute atomic E-state index is 10.9. The van der Waals surface area contributed by atoms with Crippen molar-refractivity contribution in [3.63, 3.8) is 0 Å². The number of ether oxygens (including phenoxy) is 1. The van der Waals surface area contributed by atoms with Gasteiger partial charge in [-0.15, -0.1) is 0 Å². The third-order valence-corrected chi connectivity index (χ3v) is 2.75. The van der Waals surface area contributed by atoms with Crippen molar-refractivity contribution in [2.45, 2.75) is 44.6 Å². The van der Waals surface area contributed by atoms with E-state index in [4.69, 9.17) is 0 Å². The maximum atomic E-state index is 10.9. The second-order valence-corrected chi connectivity index (χ2v) is 3.78. The van der Waals surface area contributed by atoms with Crippen LogP contribution < -0.4 is 0 Å². The number of rotatable bonds is 3. The van der Waals surface area contributed by atoms with E-state index in [0.717, 1.165) is 12.8 Å². The Morgan fingerprint density at radius 3 is 2.62 bits per heavy atom. The van der Waals surface area contributed by atoms with Crippen LogP contribution in [0.5, 0.6) is 0 Å². The van der Waals surface area contributed by atoms with E-state index in [9.17, 15) is 9.90 Å². The van der Waals surface area contributed by atoms with Gasteiger partial charge < -0.3 is 9.84 Å². The summed E-state index contributed by atoms with van der Waals surface area (Å²) < 4.78 is 4.46. The van der Waals surface area contributed by atoms with Gasteiger partial charge in [0.2, 0.25) is 0 Å². The molecule has 3 heteroatoms. The van der Waals surface area contributed by atoms with Gasteiger partial charge in [0, 0.05) is 0 Å². The Bertz CT molecular complexity index is 162. The second-order valence-electron chi connectivity index (χ2n) is 3.78. The molecule has 0 heterocycles. The van der Waals surface area contributed by atoms with Crippen molar-refractivity contribution in [1.82, 2.24) is 0 Å². The summed E-state index contributed by atoms with van der Waals surface area (Å²) in [6.45, 7) is 0. The Morgan fingerprint density at radius 2 is 2.08 bits per heavy atom. The fourth-order valence-electron chi connectivity index (χ4n) is 1.97. The van der Waals surface area contributed by atoms with Crippen molar-refractivity contribution < 1.29 is 14.6 Å². The lowest BCUT2D eigenvalue weighted by atomic mass is 9.85. The first kappa shape index (κ1) is 10.5. The summed E-state index contributed by atoms with van der Waals surface area (Å²) >= 11 is 0. The van der Waals surface area contributed by atoms with E-state index in [1.807, 2.05) is 0 Å². The average Bonchev–Trinajstić information content (AvgIpc) is 2.18. The zero-order chi connectivity index (χ0) is 9.68. The molecule has 1 aliphatic carbocycles. The molecule has 0 aromatic carbocycles. The van der Waals surface area contributed by atoms with Gasteiger partial charge in [-0.25, -0.2) is 4.79 Å². The number of hydrogen-bond acceptors (Lipinski definition) is 3. The Labute approximate surface area is 79.1 Å². The molecule has 1 fully saturated rings. The highest BCUT2D eigenvalue weighted by Crippen LogP contribution is 2.27. The van der Waals surface area contributed by atoms with Crippen molar-refractivity contribution in [3.8, 4) is 0 Å². The summed E-state index contributed by atoms with van der Waals surface area (Å²) in [6.07, 6.45) is 5.73. The van der Waals surface area contributed by atoms with Crippen LogP contribution in [0, 0.1) is 5.92 Å². The maximum Gasteiger partial charge on any atom is 0.334 e. The molecule has 0 unspecified atom stereocenters. The number of aliphatic hydroxyl groups excluding tert-OH is 1. The highest BCUT2D eigenvalue weighted by atomic mass is 16.5. The SMILES string of the molecule is COC(=O)[C@@H](O)CC1CCCCC1. The van der Waals surface area contributed by atoms with Crippen molar-refractivity contribution in [3.05, 3.63) is 0 Å². The molecule has 1 aliphatic rings. The van der Waals surface area contributed by atoms with E-state index < -0.39 is 12.1 Å². The highest BCUT2D eigenvalue weighted by Gasteiger charge is 2.22. The standard InChI is InChI=1S/C10H18O3/c1-13-10(12)9(11)7-8-5-3-2-4-6-8/h8-9,11H,2-7H2,1H3/t9-/m0/s1.